The molecule has 2 aromatic carbocycles. The quantitative estimate of drug-likeness (QED) is 0.284. The van der Waals surface area contributed by atoms with E-state index in [1.165, 1.54) is 18.1 Å². The van der Waals surface area contributed by atoms with E-state index in [1.807, 2.05) is 53.7 Å². The van der Waals surface area contributed by atoms with Crippen LogP contribution >= 0.6 is 17.7 Å². The van der Waals surface area contributed by atoms with Crippen molar-refractivity contribution in [2.75, 3.05) is 0 Å². The number of halogens is 2. The van der Waals surface area contributed by atoms with Crippen molar-refractivity contribution in [2.45, 2.75) is 54.4 Å². The number of hydrogen-bond acceptors (Lipinski definition) is 0. The fourth-order valence-corrected chi connectivity index (χ4v) is 12.6. The Balaban J connectivity index is 0.000000213. The van der Waals surface area contributed by atoms with E-state index < -0.39 is 16.5 Å². The fraction of sp³-hybridized carbons (Fsp3) is 0.417. The molecule has 0 aromatic heterocycles. The Morgan fingerprint density at radius 2 is 1.10 bits per heavy atom. The van der Waals surface area contributed by atoms with Gasteiger partial charge in [-0.2, -0.15) is 0 Å². The van der Waals surface area contributed by atoms with Gasteiger partial charge in [0, 0.05) is 0 Å². The van der Waals surface area contributed by atoms with Crippen LogP contribution in [-0.4, -0.2) is 37.7 Å². The van der Waals surface area contributed by atoms with E-state index in [2.05, 4.69) is 36.4 Å². The van der Waals surface area contributed by atoms with Crippen LogP contribution in [0.4, 0.5) is 0 Å². The Kier molecular flexibility index (Phi) is 7.69. The Bertz CT molecular complexity index is 834. The van der Waals surface area contributed by atoms with E-state index in [4.69, 9.17) is 17.7 Å². The van der Waals surface area contributed by atoms with Gasteiger partial charge in [-0.05, 0) is 41.5 Å². The third kappa shape index (κ3) is 6.09. The van der Waals surface area contributed by atoms with Gasteiger partial charge in [-0.25, -0.2) is 0 Å². The number of ketones is 2. The number of carbonyl (C=O) groups excluding carboxylic acids is 2. The number of rotatable bonds is 2. The molecule has 5 heteroatoms. The maximum atomic E-state index is 9.66. The van der Waals surface area contributed by atoms with E-state index >= 15 is 0 Å². The van der Waals surface area contributed by atoms with Gasteiger partial charge >= 0.3 is 119 Å². The van der Waals surface area contributed by atoms with Gasteiger partial charge in [0.05, 0.1) is 10.8 Å². The Labute approximate surface area is 186 Å². The normalized spacial score (nSPS) is 14.8. The van der Waals surface area contributed by atoms with Crippen molar-refractivity contribution >= 4 is 52.8 Å². The molecule has 0 saturated carbocycles. The van der Waals surface area contributed by atoms with Gasteiger partial charge in [0.2, 0.25) is 0 Å². The molecule has 1 aliphatic rings. The van der Waals surface area contributed by atoms with Crippen LogP contribution in [0.25, 0.3) is 0 Å². The summed E-state index contributed by atoms with van der Waals surface area (Å²) in [5.41, 5.74) is 2.10. The van der Waals surface area contributed by atoms with Crippen LogP contribution in [0, 0.1) is 10.8 Å². The zero-order valence-electron chi connectivity index (χ0n) is 18.1. The second kappa shape index (κ2) is 9.13. The predicted molar refractivity (Wildman–Crippen MR) is 130 cm³/mol. The van der Waals surface area contributed by atoms with Crippen molar-refractivity contribution < 1.29 is 9.59 Å². The topological polar surface area (TPSA) is 42.8 Å². The predicted octanol–water partition coefficient (Wildman–Crippen LogP) is 5.18. The monoisotopic (exact) mass is 543 g/mol. The number of hydrogen-bond donors (Lipinski definition) is 0. The molecular weight excluding hydrogens is 513 g/mol. The molecule has 0 bridgehead atoms. The number of fused-ring (bicyclic) bond motifs is 2. The summed E-state index contributed by atoms with van der Waals surface area (Å²) in [5, 5.41) is 0. The fourth-order valence-electron chi connectivity index (χ4n) is 2.89. The standard InChI is InChI=1S/C13H10.C11H20O2.2ClH.Sb/c1-3-7-12(8-4-1)11-13-9-5-2-6-10-13;1-10(2,3)8(12)7-9(13)11(4,5)6;;;/h1-7,9H,11H2;7H2,1-6H3;2*1H;/q;;;;+2. The van der Waals surface area contributed by atoms with Gasteiger partial charge in [0.25, 0.3) is 0 Å². The number of benzene rings is 2. The second-order valence-electron chi connectivity index (χ2n) is 9.52. The molecule has 3 rings (SSSR count). The van der Waals surface area contributed by atoms with Crippen molar-refractivity contribution in [1.29, 1.82) is 0 Å². The maximum absolute atomic E-state index is 9.66. The van der Waals surface area contributed by atoms with Gasteiger partial charge < -0.3 is 0 Å². The summed E-state index contributed by atoms with van der Waals surface area (Å²) in [6.07, 6.45) is 1.24. The van der Waals surface area contributed by atoms with Gasteiger partial charge in [-0.15, -0.1) is 0 Å². The zero-order valence-corrected chi connectivity index (χ0v) is 22.2. The van der Waals surface area contributed by atoms with Crippen molar-refractivity contribution in [3.05, 3.63) is 59.7 Å². The van der Waals surface area contributed by atoms with Crippen molar-refractivity contribution in [3.8, 4) is 0 Å². The molecule has 2 nitrogen and oxygen atoms in total. The second-order valence-corrected chi connectivity index (χ2v) is 23.2. The van der Waals surface area contributed by atoms with E-state index in [1.54, 1.807) is 0 Å². The van der Waals surface area contributed by atoms with Gasteiger partial charge in [0.1, 0.15) is 0 Å². The van der Waals surface area contributed by atoms with E-state index in [9.17, 15) is 9.59 Å². The molecular formula is C24H32Cl2O2Sb+2. The molecule has 1 radical (unpaired) electrons. The summed E-state index contributed by atoms with van der Waals surface area (Å²) in [6.45, 7) is 11.6. The average molecular weight is 545 g/mol. The molecule has 0 unspecified atom stereocenters. The van der Waals surface area contributed by atoms with Gasteiger partial charge in [0.15, 0.2) is 6.42 Å². The molecule has 0 fully saturated rings. The van der Waals surface area contributed by atoms with Crippen molar-refractivity contribution in [3.63, 3.8) is 0 Å². The SMILES string of the molecule is CC(C)(C)C(=[OH+])CC(=[OH+])C(C)(C)C.[Cl][Sb]1([Cl])[c]2ccccc2Cc2cccc[c]21. The first kappa shape index (κ1) is 24.4. The Morgan fingerprint density at radius 1 is 0.759 bits per heavy atom. The minimum atomic E-state index is -3.18. The van der Waals surface area contributed by atoms with Gasteiger partial charge in [-0.3, -0.25) is 9.59 Å². The Hall–Kier alpha value is -0.822. The molecule has 2 N–H and O–H groups in total. The zero-order chi connectivity index (χ0) is 22.0. The van der Waals surface area contributed by atoms with Crippen LogP contribution in [0.1, 0.15) is 59.1 Å². The van der Waals surface area contributed by atoms with Gasteiger partial charge in [-0.1, -0.05) is 0 Å². The van der Waals surface area contributed by atoms with Crippen LogP contribution in [0.2, 0.25) is 0 Å². The molecule has 0 aliphatic carbocycles. The molecule has 2 aromatic rings. The van der Waals surface area contributed by atoms with Crippen LogP contribution in [-0.2, 0) is 6.42 Å². The van der Waals surface area contributed by atoms with Crippen LogP contribution < -0.4 is 7.02 Å². The summed E-state index contributed by atoms with van der Waals surface area (Å²) in [4.78, 5) is 19.3. The first-order valence-electron chi connectivity index (χ1n) is 9.80. The molecule has 0 spiro atoms. The molecule has 0 atom stereocenters. The first-order chi connectivity index (χ1) is 13.2. The third-order valence-electron chi connectivity index (χ3n) is 5.04. The van der Waals surface area contributed by atoms with Crippen molar-refractivity contribution in [1.82, 2.24) is 0 Å². The summed E-state index contributed by atoms with van der Waals surface area (Å²) in [6, 6.07) is 16.6. The molecule has 0 saturated heterocycles. The molecule has 1 aliphatic heterocycles. The average Bonchev–Trinajstić information content (AvgIpc) is 2.61. The van der Waals surface area contributed by atoms with Crippen LogP contribution in [0.15, 0.2) is 48.5 Å². The van der Waals surface area contributed by atoms with E-state index in [0.29, 0.717) is 11.6 Å². The molecule has 157 valence electrons. The molecule has 29 heavy (non-hydrogen) atoms. The summed E-state index contributed by atoms with van der Waals surface area (Å²) < 4.78 is 2.42. The van der Waals surface area contributed by atoms with Crippen LogP contribution in [0.3, 0.4) is 0 Å². The molecule has 0 amide bonds. The molecule has 1 heterocycles. The van der Waals surface area contributed by atoms with E-state index in [0.717, 1.165) is 6.42 Å². The minimum absolute atomic E-state index is 0.251. The summed E-state index contributed by atoms with van der Waals surface area (Å²) in [5.74, 6) is 0.667. The summed E-state index contributed by atoms with van der Waals surface area (Å²) >= 11 is -3.18. The van der Waals surface area contributed by atoms with Crippen LogP contribution in [0.5, 0.6) is 0 Å². The Morgan fingerprint density at radius 3 is 1.45 bits per heavy atom. The van der Waals surface area contributed by atoms with E-state index in [-0.39, 0.29) is 17.3 Å². The first-order valence-corrected chi connectivity index (χ1v) is 18.8. The van der Waals surface area contributed by atoms with Crippen molar-refractivity contribution in [2.24, 2.45) is 10.8 Å². The third-order valence-corrected chi connectivity index (χ3v) is 15.9. The summed E-state index contributed by atoms with van der Waals surface area (Å²) in [7, 11) is 13.4.